The smallest absolute Gasteiger partial charge is 0.408 e. The van der Waals surface area contributed by atoms with E-state index in [1.165, 1.54) is 32.1 Å². The van der Waals surface area contributed by atoms with Gasteiger partial charge >= 0.3 is 24.1 Å². The lowest BCUT2D eigenvalue weighted by molar-refractivity contribution is -0.164. The van der Waals surface area contributed by atoms with Gasteiger partial charge in [-0.25, -0.2) is 19.2 Å². The number of carbonyl (C=O) groups excluding carboxylic acids is 6. The van der Waals surface area contributed by atoms with Crippen molar-refractivity contribution in [3.05, 3.63) is 70.8 Å². The van der Waals surface area contributed by atoms with Gasteiger partial charge in [0.2, 0.25) is 11.8 Å². The number of hydrogen-bond donors (Lipinski definition) is 3. The minimum Gasteiger partial charge on any atom is -0.458 e. The van der Waals surface area contributed by atoms with Gasteiger partial charge in [0, 0.05) is 45.4 Å². The van der Waals surface area contributed by atoms with E-state index in [4.69, 9.17) is 28.6 Å². The van der Waals surface area contributed by atoms with Gasteiger partial charge in [0.1, 0.15) is 58.0 Å². The van der Waals surface area contributed by atoms with E-state index in [1.54, 1.807) is 41.5 Å². The second-order valence-electron chi connectivity index (χ2n) is 27.8. The number of nitrogens with one attached hydrogen (secondary N) is 3. The number of fused-ring (bicyclic) bond motifs is 2. The summed E-state index contributed by atoms with van der Waals surface area (Å²) in [5.41, 5.74) is 1.08. The van der Waals surface area contributed by atoms with E-state index in [9.17, 15) is 33.2 Å². The van der Waals surface area contributed by atoms with E-state index >= 15 is 0 Å². The highest BCUT2D eigenvalue weighted by Crippen LogP contribution is 2.43. The average Bonchev–Trinajstić information content (AvgIpc) is 1.72. The lowest BCUT2D eigenvalue weighted by Crippen LogP contribution is -2.57. The maximum absolute atomic E-state index is 14.2. The van der Waals surface area contributed by atoms with Gasteiger partial charge in [-0.3, -0.25) is 14.0 Å². The third-order valence-electron chi connectivity index (χ3n) is 16.2. The fourth-order valence-electron chi connectivity index (χ4n) is 12.1. The van der Waals surface area contributed by atoms with Gasteiger partial charge in [0.15, 0.2) is 11.2 Å². The molecular formula is C64H96BrFN8O12. The molecule has 8 aliphatic rings. The van der Waals surface area contributed by atoms with Gasteiger partial charge in [-0.1, -0.05) is 108 Å². The van der Waals surface area contributed by atoms with E-state index in [1.807, 2.05) is 53.7 Å². The summed E-state index contributed by atoms with van der Waals surface area (Å²) in [4.78, 5) is 97.0. The molecule has 2 aromatic rings. The highest BCUT2D eigenvalue weighted by atomic mass is 79.9. The number of likely N-dealkylation sites (tertiary alicyclic amines) is 2. The van der Waals surface area contributed by atoms with Crippen LogP contribution in [0.5, 0.6) is 0 Å². The lowest BCUT2D eigenvalue weighted by Gasteiger charge is -2.35. The maximum atomic E-state index is 14.2. The molecule has 0 aromatic heterocycles. The van der Waals surface area contributed by atoms with Crippen LogP contribution in [0.15, 0.2) is 58.8 Å². The minimum atomic E-state index is -0.911. The van der Waals surface area contributed by atoms with Crippen LogP contribution in [0.3, 0.4) is 0 Å². The molecule has 86 heavy (non-hydrogen) atoms. The third-order valence-corrected chi connectivity index (χ3v) is 16.6. The summed E-state index contributed by atoms with van der Waals surface area (Å²) in [6.45, 7) is 25.9. The zero-order valence-corrected chi connectivity index (χ0v) is 53.8. The van der Waals surface area contributed by atoms with Crippen molar-refractivity contribution in [1.82, 2.24) is 30.7 Å². The van der Waals surface area contributed by atoms with Gasteiger partial charge in [-0.2, -0.15) is 0 Å². The Labute approximate surface area is 517 Å². The quantitative estimate of drug-likeness (QED) is 0.165. The first kappa shape index (κ1) is 69.1. The molecule has 3 N–H and O–H groups in total. The van der Waals surface area contributed by atoms with Crippen LogP contribution in [-0.2, 0) is 74.0 Å². The molecule has 478 valence electrons. The second kappa shape index (κ2) is 28.4. The number of benzene rings is 2. The van der Waals surface area contributed by atoms with Crippen molar-refractivity contribution in [3.8, 4) is 0 Å². The fraction of sp³-hybridized carbons (Fsp3) is 0.688. The number of rotatable bonds is 8. The number of oxime groups is 2. The summed E-state index contributed by atoms with van der Waals surface area (Å²) in [6.07, 6.45) is 7.43. The van der Waals surface area contributed by atoms with Crippen molar-refractivity contribution in [3.63, 3.8) is 0 Å². The Morgan fingerprint density at radius 3 is 1.34 bits per heavy atom. The molecule has 22 heteroatoms. The Hall–Kier alpha value is -6.03. The number of ether oxygens (including phenoxy) is 4. The van der Waals surface area contributed by atoms with Crippen molar-refractivity contribution in [2.45, 2.75) is 253 Å². The van der Waals surface area contributed by atoms with Crippen LogP contribution >= 0.6 is 15.9 Å². The van der Waals surface area contributed by atoms with Gasteiger partial charge < -0.3 is 59.3 Å². The highest BCUT2D eigenvalue weighted by Gasteiger charge is 2.58. The van der Waals surface area contributed by atoms with Gasteiger partial charge in [-0.15, -0.1) is 0 Å². The van der Waals surface area contributed by atoms with Crippen molar-refractivity contribution in [1.29, 1.82) is 0 Å². The van der Waals surface area contributed by atoms with Gasteiger partial charge in [0.05, 0.1) is 26.7 Å². The average molecular weight is 1270 g/mol. The summed E-state index contributed by atoms with van der Waals surface area (Å²) >= 11 is 3.35. The number of amides is 4. The first-order valence-electron chi connectivity index (χ1n) is 30.0. The predicted octanol–water partition coefficient (Wildman–Crippen LogP) is 10.9. The highest BCUT2D eigenvalue weighted by molar-refractivity contribution is 9.18. The Morgan fingerprint density at radius 1 is 0.605 bits per heavy atom. The van der Waals surface area contributed by atoms with Crippen molar-refractivity contribution in [2.24, 2.45) is 21.1 Å². The van der Waals surface area contributed by atoms with Crippen molar-refractivity contribution in [2.75, 3.05) is 20.3 Å². The number of alkyl halides is 1. The van der Waals surface area contributed by atoms with Crippen LogP contribution < -0.4 is 16.0 Å². The summed E-state index contributed by atoms with van der Waals surface area (Å²) in [6, 6.07) is 13.3. The van der Waals surface area contributed by atoms with Crippen LogP contribution in [0.1, 0.15) is 190 Å². The van der Waals surface area contributed by atoms with E-state index in [0.717, 1.165) is 83.4 Å². The van der Waals surface area contributed by atoms with E-state index in [-0.39, 0.29) is 57.4 Å². The van der Waals surface area contributed by atoms with Crippen LogP contribution in [0, 0.1) is 10.8 Å². The van der Waals surface area contributed by atoms with Gasteiger partial charge in [-0.05, 0) is 142 Å². The van der Waals surface area contributed by atoms with Crippen LogP contribution in [0.2, 0.25) is 0 Å². The summed E-state index contributed by atoms with van der Waals surface area (Å²) in [5.74, 6) is -0.913. The normalized spacial score (nSPS) is 23.9. The fourth-order valence-corrected chi connectivity index (χ4v) is 12.6. The monoisotopic (exact) mass is 1270 g/mol. The lowest BCUT2D eigenvalue weighted by atomic mass is 9.85. The van der Waals surface area contributed by atoms with E-state index in [0.29, 0.717) is 24.6 Å². The topological polar surface area (TPSA) is 228 Å². The number of esters is 2. The Morgan fingerprint density at radius 2 is 0.977 bits per heavy atom. The Kier molecular flexibility index (Phi) is 22.8. The molecule has 4 amide bonds. The van der Waals surface area contributed by atoms with E-state index < -0.39 is 81.5 Å². The molecule has 2 aromatic carbocycles. The molecule has 20 nitrogen and oxygen atoms in total. The Bertz CT molecular complexity index is 2730. The van der Waals surface area contributed by atoms with Crippen LogP contribution in [0.4, 0.5) is 14.0 Å². The first-order valence-corrected chi connectivity index (χ1v) is 30.8. The van der Waals surface area contributed by atoms with Crippen molar-refractivity contribution < 1.29 is 61.8 Å². The zero-order valence-electron chi connectivity index (χ0n) is 52.2. The Balaban J connectivity index is 0.000000234. The standard InChI is InChI=1S/C31H44N4O6.C23H36BrN3O6.C8H9N.CH3F.CH4/c1-29(2,3)25(32-28(38)39-22-13-9-10-14-22)26(36)35-19-31(15-23(35)27(37)40-30(4,5)6)16-24(33-41-31)34-17-20-11-7-8-12-21(20)18-34;1-21(2,3)17(25-20(30)31-14-9-7-8-10-14)18(28)27-13-23(12-16(24)26-33-23)11-15(27)19(29)32-22(4,5)6;1-2-4-8-6-9-5-7(8)3-1;1-2;/h7-8,11-12,22-23,25H,9-10,13-19H2,1-6H3,(H,32,38);14-15,17H,7-13H2,1-6H3,(H,25,30);1-4,9H,5-6H2;1H3;1H4/t23-,25+,31-;15-,17+,23-;;;/m00.../s1. The van der Waals surface area contributed by atoms with Crippen LogP contribution in [0.25, 0.3) is 0 Å². The molecule has 6 aliphatic heterocycles. The first-order chi connectivity index (χ1) is 39.9. The molecule has 10 rings (SSSR count). The third kappa shape index (κ3) is 18.1. The number of amidine groups is 1. The number of hydrogen-bond acceptors (Lipinski definition) is 16. The molecule has 0 unspecified atom stereocenters. The number of nitrogens with zero attached hydrogens (tertiary/aromatic N) is 5. The SMILES string of the molecule is C.CC(C)(C)OC(=O)[C@@H]1C[C@]2(CC(Br)=NO2)CN1C(=O)[C@@H](NC(=O)OC1CCCC1)C(C)(C)C.CC(C)(C)OC(=O)[C@@H]1C[C@]2(CC(N3Cc4ccccc4C3)=NO2)CN1C(=O)[C@@H](NC(=O)OC1CCCC1)C(C)(C)C.CF.c1ccc2c(c1)CNC2. The summed E-state index contributed by atoms with van der Waals surface area (Å²) < 4.78 is 32.7. The molecule has 2 aliphatic carbocycles. The molecule has 6 heterocycles. The van der Waals surface area contributed by atoms with Crippen molar-refractivity contribution >= 4 is 62.3 Å². The zero-order chi connectivity index (χ0) is 62.3. The molecule has 2 saturated heterocycles. The molecule has 0 radical (unpaired) electrons. The molecular weight excluding hydrogens is 1170 g/mol. The number of carbonyl (C=O) groups is 6. The molecule has 2 saturated carbocycles. The van der Waals surface area contributed by atoms with Gasteiger partial charge in [0.25, 0.3) is 0 Å². The summed E-state index contributed by atoms with van der Waals surface area (Å²) in [5, 5.41) is 17.3. The van der Waals surface area contributed by atoms with E-state index in [2.05, 4.69) is 83.5 Å². The van der Waals surface area contributed by atoms with Crippen LogP contribution in [-0.4, -0.2) is 140 Å². The maximum Gasteiger partial charge on any atom is 0.408 e. The largest absolute Gasteiger partial charge is 0.458 e. The minimum absolute atomic E-state index is 0. The number of halogens is 2. The summed E-state index contributed by atoms with van der Waals surface area (Å²) in [7, 11) is 0.500. The molecule has 0 bridgehead atoms. The molecule has 6 atom stereocenters. The molecule has 4 fully saturated rings. The second-order valence-corrected chi connectivity index (χ2v) is 28.7. The number of alkyl carbamates (subject to hydrolysis) is 2. The molecule has 2 spiro atoms. The predicted molar refractivity (Wildman–Crippen MR) is 329 cm³/mol.